The highest BCUT2D eigenvalue weighted by atomic mass is 16.7. The molecule has 1 saturated heterocycles. The molecule has 8 nitrogen and oxygen atoms in total. The standard InChI is InChI=1S/C18H18N4O4/c1-4-10-8-19-16-14(17(23)22(3)18(24)21(16)2)15(10)20-11-5-6-12-13(7-11)26-9-25-12/h5-8,14H,4,9H2,1-3H3. The van der Waals surface area contributed by atoms with Crippen molar-refractivity contribution in [2.24, 2.45) is 15.9 Å². The quantitative estimate of drug-likeness (QED) is 0.816. The minimum absolute atomic E-state index is 0.186. The van der Waals surface area contributed by atoms with Crippen molar-refractivity contribution in [3.05, 3.63) is 30.0 Å². The molecule has 0 bridgehead atoms. The van der Waals surface area contributed by atoms with Crippen molar-refractivity contribution in [2.75, 3.05) is 20.9 Å². The summed E-state index contributed by atoms with van der Waals surface area (Å²) >= 11 is 0. The number of fused-ring (bicyclic) bond motifs is 2. The Kier molecular flexibility index (Phi) is 3.75. The molecule has 0 N–H and O–H groups in total. The Morgan fingerprint density at radius 3 is 2.73 bits per heavy atom. The summed E-state index contributed by atoms with van der Waals surface area (Å²) in [5.41, 5.74) is 2.12. The number of ether oxygens (including phenoxy) is 2. The molecule has 0 spiro atoms. The number of rotatable bonds is 2. The zero-order chi connectivity index (χ0) is 18.4. The van der Waals surface area contributed by atoms with E-state index in [-0.39, 0.29) is 12.7 Å². The van der Waals surface area contributed by atoms with Crippen molar-refractivity contribution in [3.8, 4) is 11.5 Å². The number of amidine groups is 1. The van der Waals surface area contributed by atoms with Gasteiger partial charge in [-0.05, 0) is 24.1 Å². The molecule has 1 aromatic rings. The second kappa shape index (κ2) is 5.98. The predicted octanol–water partition coefficient (Wildman–Crippen LogP) is 2.33. The number of imide groups is 1. The Morgan fingerprint density at radius 2 is 1.96 bits per heavy atom. The van der Waals surface area contributed by atoms with Gasteiger partial charge in [0.15, 0.2) is 11.5 Å². The largest absolute Gasteiger partial charge is 0.454 e. The van der Waals surface area contributed by atoms with E-state index in [9.17, 15) is 9.59 Å². The number of benzene rings is 1. The van der Waals surface area contributed by atoms with Gasteiger partial charge in [0.1, 0.15) is 11.8 Å². The summed E-state index contributed by atoms with van der Waals surface area (Å²) in [5, 5.41) is 0. The van der Waals surface area contributed by atoms with E-state index < -0.39 is 11.9 Å². The number of amides is 3. The molecule has 3 amide bonds. The summed E-state index contributed by atoms with van der Waals surface area (Å²) in [6.07, 6.45) is 2.35. The van der Waals surface area contributed by atoms with Gasteiger partial charge in [0.25, 0.3) is 0 Å². The van der Waals surface area contributed by atoms with Crippen LogP contribution in [0.5, 0.6) is 11.5 Å². The van der Waals surface area contributed by atoms with Crippen LogP contribution >= 0.6 is 0 Å². The lowest BCUT2D eigenvalue weighted by molar-refractivity contribution is -0.128. The number of aliphatic imine (C=N–C) groups is 2. The minimum atomic E-state index is -0.701. The van der Waals surface area contributed by atoms with Gasteiger partial charge in [-0.2, -0.15) is 0 Å². The summed E-state index contributed by atoms with van der Waals surface area (Å²) in [5.74, 6) is 0.663. The fourth-order valence-electron chi connectivity index (χ4n) is 3.21. The predicted molar refractivity (Wildman–Crippen MR) is 94.9 cm³/mol. The maximum Gasteiger partial charge on any atom is 0.331 e. The summed E-state index contributed by atoms with van der Waals surface area (Å²) in [4.78, 5) is 36.6. The molecule has 8 heteroatoms. The second-order valence-corrected chi connectivity index (χ2v) is 6.20. The summed E-state index contributed by atoms with van der Waals surface area (Å²) in [7, 11) is 3.08. The monoisotopic (exact) mass is 354 g/mol. The third kappa shape index (κ3) is 2.37. The number of urea groups is 1. The Balaban J connectivity index is 1.81. The first-order chi connectivity index (χ1) is 12.5. The van der Waals surface area contributed by atoms with Crippen molar-refractivity contribution >= 4 is 29.2 Å². The fraction of sp³-hybridized carbons (Fsp3) is 0.333. The number of carbonyl (C=O) groups excluding carboxylic acids is 2. The number of hydrogen-bond donors (Lipinski definition) is 0. The zero-order valence-corrected chi connectivity index (χ0v) is 14.7. The molecule has 1 fully saturated rings. The van der Waals surface area contributed by atoms with Crippen LogP contribution in [0.2, 0.25) is 0 Å². The van der Waals surface area contributed by atoms with E-state index in [0.29, 0.717) is 35.2 Å². The first kappa shape index (κ1) is 16.3. The number of allylic oxidation sites excluding steroid dienone is 1. The Bertz CT molecular complexity index is 902. The molecule has 1 unspecified atom stereocenters. The molecule has 0 radical (unpaired) electrons. The van der Waals surface area contributed by atoms with Gasteiger partial charge in [0.2, 0.25) is 12.7 Å². The van der Waals surface area contributed by atoms with Gasteiger partial charge in [0, 0.05) is 26.4 Å². The van der Waals surface area contributed by atoms with Crippen LogP contribution in [-0.2, 0) is 4.79 Å². The second-order valence-electron chi connectivity index (χ2n) is 6.20. The summed E-state index contributed by atoms with van der Waals surface area (Å²) in [6, 6.07) is 4.98. The Morgan fingerprint density at radius 1 is 1.19 bits per heavy atom. The van der Waals surface area contributed by atoms with Gasteiger partial charge in [-0.1, -0.05) is 6.92 Å². The molecule has 26 heavy (non-hydrogen) atoms. The maximum absolute atomic E-state index is 12.8. The number of hydrogen-bond acceptors (Lipinski definition) is 6. The number of carbonyl (C=O) groups is 2. The average Bonchev–Trinajstić information content (AvgIpc) is 3.12. The van der Waals surface area contributed by atoms with Crippen LogP contribution in [0.25, 0.3) is 0 Å². The normalized spacial score (nSPS) is 23.2. The lowest BCUT2D eigenvalue weighted by Gasteiger charge is -2.37. The van der Waals surface area contributed by atoms with Crippen molar-refractivity contribution in [1.82, 2.24) is 9.80 Å². The fourth-order valence-corrected chi connectivity index (χ4v) is 3.21. The Hall–Kier alpha value is -3.16. The Labute approximate surface area is 150 Å². The summed E-state index contributed by atoms with van der Waals surface area (Å²) < 4.78 is 10.7. The van der Waals surface area contributed by atoms with Gasteiger partial charge < -0.3 is 9.47 Å². The van der Waals surface area contributed by atoms with E-state index in [4.69, 9.17) is 14.5 Å². The van der Waals surface area contributed by atoms with Gasteiger partial charge in [-0.3, -0.25) is 19.6 Å². The number of nitrogens with zero attached hydrogens (tertiary/aromatic N) is 4. The molecule has 0 saturated carbocycles. The molecular weight excluding hydrogens is 336 g/mol. The van der Waals surface area contributed by atoms with Crippen LogP contribution in [0.15, 0.2) is 40.0 Å². The van der Waals surface area contributed by atoms with Crippen LogP contribution in [-0.4, -0.2) is 54.2 Å². The molecule has 3 aliphatic rings. The molecule has 1 atom stereocenters. The van der Waals surface area contributed by atoms with E-state index >= 15 is 0 Å². The highest BCUT2D eigenvalue weighted by molar-refractivity contribution is 6.33. The van der Waals surface area contributed by atoms with E-state index in [1.165, 1.54) is 11.9 Å². The van der Waals surface area contributed by atoms with E-state index in [0.717, 1.165) is 10.5 Å². The lowest BCUT2D eigenvalue weighted by atomic mass is 9.89. The van der Waals surface area contributed by atoms with Crippen LogP contribution in [0.1, 0.15) is 13.3 Å². The van der Waals surface area contributed by atoms with Crippen molar-refractivity contribution in [3.63, 3.8) is 0 Å². The topological polar surface area (TPSA) is 83.8 Å². The van der Waals surface area contributed by atoms with E-state index in [1.807, 2.05) is 13.0 Å². The minimum Gasteiger partial charge on any atom is -0.454 e. The maximum atomic E-state index is 12.8. The lowest BCUT2D eigenvalue weighted by Crippen LogP contribution is -2.59. The third-order valence-corrected chi connectivity index (χ3v) is 4.69. The van der Waals surface area contributed by atoms with Crippen LogP contribution in [0.4, 0.5) is 10.5 Å². The van der Waals surface area contributed by atoms with E-state index in [2.05, 4.69) is 4.99 Å². The van der Waals surface area contributed by atoms with Crippen LogP contribution in [0, 0.1) is 5.92 Å². The first-order valence-electron chi connectivity index (χ1n) is 8.32. The highest BCUT2D eigenvalue weighted by Gasteiger charge is 2.45. The third-order valence-electron chi connectivity index (χ3n) is 4.69. The molecule has 3 aliphatic heterocycles. The van der Waals surface area contributed by atoms with Crippen LogP contribution < -0.4 is 9.47 Å². The van der Waals surface area contributed by atoms with Crippen molar-refractivity contribution < 1.29 is 19.1 Å². The van der Waals surface area contributed by atoms with Crippen molar-refractivity contribution in [1.29, 1.82) is 0 Å². The van der Waals surface area contributed by atoms with Gasteiger partial charge in [-0.25, -0.2) is 9.79 Å². The van der Waals surface area contributed by atoms with Crippen LogP contribution in [0.3, 0.4) is 0 Å². The summed E-state index contributed by atoms with van der Waals surface area (Å²) in [6.45, 7) is 2.17. The molecule has 134 valence electrons. The first-order valence-corrected chi connectivity index (χ1v) is 8.32. The SMILES string of the molecule is CCC1=CN=C2C(C(=O)N(C)C(=O)N2C)C1=Nc1ccc2c(c1)OCO2. The van der Waals surface area contributed by atoms with Gasteiger partial charge in [-0.15, -0.1) is 0 Å². The molecular formula is C18H18N4O4. The van der Waals surface area contributed by atoms with Gasteiger partial charge >= 0.3 is 6.03 Å². The molecule has 1 aromatic carbocycles. The van der Waals surface area contributed by atoms with E-state index in [1.54, 1.807) is 25.4 Å². The molecule has 4 rings (SSSR count). The van der Waals surface area contributed by atoms with Crippen molar-refractivity contribution in [2.45, 2.75) is 13.3 Å². The smallest absolute Gasteiger partial charge is 0.331 e. The molecule has 0 aliphatic carbocycles. The molecule has 3 heterocycles. The highest BCUT2D eigenvalue weighted by Crippen LogP contribution is 2.36. The average molecular weight is 354 g/mol. The molecule has 0 aromatic heterocycles. The zero-order valence-electron chi connectivity index (χ0n) is 14.7. The van der Waals surface area contributed by atoms with Gasteiger partial charge in [0.05, 0.1) is 11.4 Å².